The molecule has 2 heterocycles. The fourth-order valence-electron chi connectivity index (χ4n) is 3.63. The number of benzene rings is 2. The van der Waals surface area contributed by atoms with Gasteiger partial charge >= 0.3 is 0 Å². The van der Waals surface area contributed by atoms with Gasteiger partial charge in [0, 0.05) is 24.5 Å². The Morgan fingerprint density at radius 2 is 1.88 bits per heavy atom. The predicted octanol–water partition coefficient (Wildman–Crippen LogP) is 4.62. The van der Waals surface area contributed by atoms with Crippen LogP contribution in [-0.2, 0) is 9.59 Å². The van der Waals surface area contributed by atoms with Crippen molar-refractivity contribution in [1.82, 2.24) is 4.90 Å². The molecule has 0 unspecified atom stereocenters. The number of imide groups is 1. The van der Waals surface area contributed by atoms with Crippen molar-refractivity contribution in [2.24, 2.45) is 0 Å². The standard InChI is InChI=1S/C23H22ClN3O4S/c1-31-19-9-6-16(13-18(19)24)25-21(28)14-27-22(29)20(32-23(27)30)12-15-4-7-17(8-5-15)26-10-2-3-11-26/h4-9,12-13H,2-3,10-11,14H2,1H3,(H,25,28)/b20-12+. The highest BCUT2D eigenvalue weighted by Gasteiger charge is 2.36. The van der Waals surface area contributed by atoms with Gasteiger partial charge in [-0.1, -0.05) is 23.7 Å². The Kier molecular flexibility index (Phi) is 6.72. The number of amides is 3. The molecular weight excluding hydrogens is 450 g/mol. The van der Waals surface area contributed by atoms with E-state index >= 15 is 0 Å². The van der Waals surface area contributed by atoms with Crippen molar-refractivity contribution in [1.29, 1.82) is 0 Å². The number of nitrogens with one attached hydrogen (secondary N) is 1. The van der Waals surface area contributed by atoms with Crippen molar-refractivity contribution < 1.29 is 19.1 Å². The third-order valence-electron chi connectivity index (χ3n) is 5.27. The van der Waals surface area contributed by atoms with E-state index in [0.29, 0.717) is 21.4 Å². The fraction of sp³-hybridized carbons (Fsp3) is 0.261. The Hall–Kier alpha value is -2.97. The number of hydrogen-bond donors (Lipinski definition) is 1. The fourth-order valence-corrected chi connectivity index (χ4v) is 4.73. The van der Waals surface area contributed by atoms with E-state index in [9.17, 15) is 14.4 Å². The van der Waals surface area contributed by atoms with Gasteiger partial charge in [-0.2, -0.15) is 0 Å². The molecule has 9 heteroatoms. The molecule has 2 aliphatic heterocycles. The minimum atomic E-state index is -0.496. The molecule has 2 aromatic rings. The summed E-state index contributed by atoms with van der Waals surface area (Å²) >= 11 is 6.90. The van der Waals surface area contributed by atoms with Crippen LogP contribution in [0, 0.1) is 0 Å². The molecule has 0 saturated carbocycles. The van der Waals surface area contributed by atoms with Gasteiger partial charge in [0.15, 0.2) is 0 Å². The summed E-state index contributed by atoms with van der Waals surface area (Å²) in [7, 11) is 1.49. The molecule has 0 atom stereocenters. The van der Waals surface area contributed by atoms with Gasteiger partial charge in [0.2, 0.25) is 5.91 Å². The summed E-state index contributed by atoms with van der Waals surface area (Å²) in [5.74, 6) is -0.495. The molecule has 7 nitrogen and oxygen atoms in total. The number of rotatable bonds is 6. The smallest absolute Gasteiger partial charge is 0.294 e. The second-order valence-electron chi connectivity index (χ2n) is 7.45. The van der Waals surface area contributed by atoms with Crippen LogP contribution >= 0.6 is 23.4 Å². The first-order valence-corrected chi connectivity index (χ1v) is 11.4. The third-order valence-corrected chi connectivity index (χ3v) is 6.48. The summed E-state index contributed by atoms with van der Waals surface area (Å²) in [6.07, 6.45) is 4.09. The predicted molar refractivity (Wildman–Crippen MR) is 127 cm³/mol. The number of ether oxygens (including phenoxy) is 1. The van der Waals surface area contributed by atoms with E-state index in [0.717, 1.165) is 41.0 Å². The van der Waals surface area contributed by atoms with Crippen LogP contribution in [0.1, 0.15) is 18.4 Å². The topological polar surface area (TPSA) is 79.0 Å². The summed E-state index contributed by atoms with van der Waals surface area (Å²) < 4.78 is 5.08. The van der Waals surface area contributed by atoms with Gasteiger partial charge in [-0.3, -0.25) is 19.3 Å². The lowest BCUT2D eigenvalue weighted by atomic mass is 10.2. The Morgan fingerprint density at radius 1 is 1.16 bits per heavy atom. The van der Waals surface area contributed by atoms with Crippen LogP contribution in [0.25, 0.3) is 6.08 Å². The van der Waals surface area contributed by atoms with Crippen molar-refractivity contribution >= 4 is 57.9 Å². The maximum atomic E-state index is 12.7. The molecule has 2 aliphatic rings. The van der Waals surface area contributed by atoms with Gasteiger partial charge in [-0.05, 0) is 66.6 Å². The molecule has 0 spiro atoms. The lowest BCUT2D eigenvalue weighted by Gasteiger charge is -2.17. The van der Waals surface area contributed by atoms with E-state index in [1.807, 2.05) is 24.3 Å². The normalized spacial score (nSPS) is 17.4. The molecule has 0 aromatic heterocycles. The van der Waals surface area contributed by atoms with Crippen LogP contribution in [0.15, 0.2) is 47.4 Å². The molecule has 2 fully saturated rings. The zero-order chi connectivity index (χ0) is 22.7. The Labute approximate surface area is 195 Å². The zero-order valence-corrected chi connectivity index (χ0v) is 19.0. The third kappa shape index (κ3) is 4.92. The highest BCUT2D eigenvalue weighted by molar-refractivity contribution is 8.18. The molecular formula is C23H22ClN3O4S. The van der Waals surface area contributed by atoms with Gasteiger partial charge in [0.05, 0.1) is 17.0 Å². The number of halogens is 1. The van der Waals surface area contributed by atoms with E-state index < -0.39 is 17.1 Å². The molecule has 2 aromatic carbocycles. The van der Waals surface area contributed by atoms with E-state index in [2.05, 4.69) is 10.2 Å². The minimum absolute atomic E-state index is 0.296. The molecule has 32 heavy (non-hydrogen) atoms. The molecule has 4 rings (SSSR count). The highest BCUT2D eigenvalue weighted by atomic mass is 35.5. The van der Waals surface area contributed by atoms with Gasteiger partial charge in [-0.15, -0.1) is 0 Å². The average Bonchev–Trinajstić information content (AvgIpc) is 3.40. The van der Waals surface area contributed by atoms with Crippen LogP contribution in [0.3, 0.4) is 0 Å². The maximum absolute atomic E-state index is 12.7. The summed E-state index contributed by atoms with van der Waals surface area (Å²) in [4.78, 5) is 41.0. The Balaban J connectivity index is 1.39. The molecule has 1 N–H and O–H groups in total. The number of carbonyl (C=O) groups is 3. The quantitative estimate of drug-likeness (QED) is 0.619. The summed E-state index contributed by atoms with van der Waals surface area (Å²) in [6.45, 7) is 1.74. The number of carbonyl (C=O) groups excluding carboxylic acids is 3. The van der Waals surface area contributed by atoms with E-state index in [1.54, 1.807) is 18.2 Å². The Morgan fingerprint density at radius 3 is 2.53 bits per heavy atom. The summed E-state index contributed by atoms with van der Waals surface area (Å²) in [5.41, 5.74) is 2.43. The van der Waals surface area contributed by atoms with Crippen LogP contribution in [-0.4, -0.2) is 48.7 Å². The maximum Gasteiger partial charge on any atom is 0.294 e. The van der Waals surface area contributed by atoms with Gasteiger partial charge in [0.1, 0.15) is 12.3 Å². The van der Waals surface area contributed by atoms with Crippen LogP contribution in [0.5, 0.6) is 5.75 Å². The molecule has 0 bridgehead atoms. The second-order valence-corrected chi connectivity index (χ2v) is 8.85. The van der Waals surface area contributed by atoms with Crippen molar-refractivity contribution in [2.75, 3.05) is 37.0 Å². The lowest BCUT2D eigenvalue weighted by molar-refractivity contribution is -0.127. The monoisotopic (exact) mass is 471 g/mol. The van der Waals surface area contributed by atoms with E-state index in [4.69, 9.17) is 16.3 Å². The largest absolute Gasteiger partial charge is 0.495 e. The van der Waals surface area contributed by atoms with Crippen molar-refractivity contribution in [3.8, 4) is 5.75 Å². The number of methoxy groups -OCH3 is 1. The van der Waals surface area contributed by atoms with Crippen LogP contribution in [0.4, 0.5) is 16.2 Å². The van der Waals surface area contributed by atoms with Crippen molar-refractivity contribution in [2.45, 2.75) is 12.8 Å². The summed E-state index contributed by atoms with van der Waals surface area (Å²) in [6, 6.07) is 12.7. The first-order chi connectivity index (χ1) is 15.4. The lowest BCUT2D eigenvalue weighted by Crippen LogP contribution is -2.36. The molecule has 0 radical (unpaired) electrons. The van der Waals surface area contributed by atoms with Gasteiger partial charge < -0.3 is 15.0 Å². The van der Waals surface area contributed by atoms with Crippen LogP contribution < -0.4 is 15.0 Å². The highest BCUT2D eigenvalue weighted by Crippen LogP contribution is 2.33. The molecule has 3 amide bonds. The zero-order valence-electron chi connectivity index (χ0n) is 17.5. The molecule has 0 aliphatic carbocycles. The second kappa shape index (κ2) is 9.67. The molecule has 166 valence electrons. The number of nitrogens with zero attached hydrogens (tertiary/aromatic N) is 2. The number of anilines is 2. The average molecular weight is 472 g/mol. The number of thioether (sulfide) groups is 1. The van der Waals surface area contributed by atoms with Gasteiger partial charge in [0.25, 0.3) is 11.1 Å². The summed E-state index contributed by atoms with van der Waals surface area (Å²) in [5, 5.41) is 2.51. The Bertz CT molecular complexity index is 1080. The van der Waals surface area contributed by atoms with E-state index in [-0.39, 0.29) is 6.54 Å². The van der Waals surface area contributed by atoms with Crippen molar-refractivity contribution in [3.05, 3.63) is 58.0 Å². The van der Waals surface area contributed by atoms with Crippen LogP contribution in [0.2, 0.25) is 5.02 Å². The first-order valence-electron chi connectivity index (χ1n) is 10.2. The number of hydrogen-bond acceptors (Lipinski definition) is 6. The SMILES string of the molecule is COc1ccc(NC(=O)CN2C(=O)S/C(=C/c3ccc(N4CCCC4)cc3)C2=O)cc1Cl. The van der Waals surface area contributed by atoms with E-state index in [1.165, 1.54) is 26.0 Å². The van der Waals surface area contributed by atoms with Crippen molar-refractivity contribution in [3.63, 3.8) is 0 Å². The molecule has 2 saturated heterocycles. The minimum Gasteiger partial charge on any atom is -0.495 e. The first kappa shape index (κ1) is 22.2. The van der Waals surface area contributed by atoms with Gasteiger partial charge in [-0.25, -0.2) is 0 Å².